The first-order chi connectivity index (χ1) is 13.9. The van der Waals surface area contributed by atoms with E-state index in [0.717, 1.165) is 23.1 Å². The highest BCUT2D eigenvalue weighted by Gasteiger charge is 2.26. The second kappa shape index (κ2) is 9.07. The van der Waals surface area contributed by atoms with Gasteiger partial charge in [0.25, 0.3) is 5.91 Å². The van der Waals surface area contributed by atoms with Crippen LogP contribution in [0, 0.1) is 5.92 Å². The molecule has 1 aromatic carbocycles. The number of nitrogens with zero attached hydrogens (tertiary/aromatic N) is 3. The molecule has 0 fully saturated rings. The quantitative estimate of drug-likeness (QED) is 0.573. The monoisotopic (exact) mass is 393 g/mol. The van der Waals surface area contributed by atoms with Crippen LogP contribution in [0.5, 0.6) is 0 Å². The lowest BCUT2D eigenvalue weighted by Gasteiger charge is -2.30. The van der Waals surface area contributed by atoms with Crippen molar-refractivity contribution >= 4 is 22.6 Å². The van der Waals surface area contributed by atoms with Gasteiger partial charge in [0.1, 0.15) is 0 Å². The number of amides is 1. The first-order valence-corrected chi connectivity index (χ1v) is 10.4. The van der Waals surface area contributed by atoms with Crippen molar-refractivity contribution in [2.75, 3.05) is 5.32 Å². The fraction of sp³-hybridized carbons (Fsp3) is 0.435. The molecule has 2 N–H and O–H groups in total. The molecule has 0 saturated heterocycles. The summed E-state index contributed by atoms with van der Waals surface area (Å²) >= 11 is 0. The molecule has 2 aromatic heterocycles. The van der Waals surface area contributed by atoms with Crippen molar-refractivity contribution in [3.05, 3.63) is 53.9 Å². The van der Waals surface area contributed by atoms with E-state index in [2.05, 4.69) is 67.2 Å². The number of hydrogen-bond donors (Lipinski definition) is 2. The maximum absolute atomic E-state index is 13.7. The zero-order valence-corrected chi connectivity index (χ0v) is 17.9. The van der Waals surface area contributed by atoms with E-state index in [-0.39, 0.29) is 18.0 Å². The minimum absolute atomic E-state index is 0.0164. The second-order valence-electron chi connectivity index (χ2n) is 8.03. The van der Waals surface area contributed by atoms with Gasteiger partial charge < -0.3 is 10.2 Å². The summed E-state index contributed by atoms with van der Waals surface area (Å²) in [7, 11) is 0. The van der Waals surface area contributed by atoms with E-state index in [1.807, 2.05) is 23.1 Å². The van der Waals surface area contributed by atoms with Gasteiger partial charge in [0.05, 0.1) is 22.8 Å². The molecule has 154 valence electrons. The fourth-order valence-corrected chi connectivity index (χ4v) is 3.19. The highest BCUT2D eigenvalue weighted by atomic mass is 16.2. The van der Waals surface area contributed by atoms with Crippen molar-refractivity contribution in [1.82, 2.24) is 20.1 Å². The predicted octanol–water partition coefficient (Wildman–Crippen LogP) is 4.86. The van der Waals surface area contributed by atoms with Gasteiger partial charge in [-0.3, -0.25) is 9.89 Å². The Labute approximate surface area is 172 Å². The number of carbonyl (C=O) groups excluding carboxylic acids is 1. The number of hydrogen-bond acceptors (Lipinski definition) is 4. The van der Waals surface area contributed by atoms with Crippen LogP contribution in [-0.2, 0) is 6.54 Å². The molecular weight excluding hydrogens is 362 g/mol. The number of H-pyrrole nitrogens is 1. The first kappa shape index (κ1) is 20.8. The van der Waals surface area contributed by atoms with E-state index in [9.17, 15) is 4.79 Å². The number of fused-ring (bicyclic) bond motifs is 1. The second-order valence-corrected chi connectivity index (χ2v) is 8.03. The number of pyridine rings is 1. The van der Waals surface area contributed by atoms with Gasteiger partial charge in [0, 0.05) is 24.8 Å². The Morgan fingerprint density at radius 2 is 1.86 bits per heavy atom. The van der Waals surface area contributed by atoms with Gasteiger partial charge in [0.2, 0.25) is 0 Å². The number of aromatic amines is 1. The smallest absolute Gasteiger partial charge is 0.258 e. The number of rotatable bonds is 8. The molecular formula is C23H31N5O. The average molecular weight is 394 g/mol. The Kier molecular flexibility index (Phi) is 6.52. The van der Waals surface area contributed by atoms with E-state index < -0.39 is 0 Å². The topological polar surface area (TPSA) is 73.9 Å². The molecule has 0 spiro atoms. The zero-order chi connectivity index (χ0) is 21.0. The third kappa shape index (κ3) is 4.58. The van der Waals surface area contributed by atoms with Crippen LogP contribution in [0.1, 0.15) is 57.0 Å². The SMILES string of the molecule is CCC(C)N(Cc1ccccc1)C(=O)c1cnc2[nH]ncc2c1N[C@H](C)C(C)C. The lowest BCUT2D eigenvalue weighted by Crippen LogP contribution is -2.38. The minimum atomic E-state index is -0.0164. The third-order valence-electron chi connectivity index (χ3n) is 5.66. The van der Waals surface area contributed by atoms with Crippen LogP contribution in [0.25, 0.3) is 11.0 Å². The van der Waals surface area contributed by atoms with Crippen LogP contribution in [0.4, 0.5) is 5.69 Å². The lowest BCUT2D eigenvalue weighted by atomic mass is 10.0. The summed E-state index contributed by atoms with van der Waals surface area (Å²) in [5, 5.41) is 11.4. The van der Waals surface area contributed by atoms with Gasteiger partial charge in [-0.1, -0.05) is 51.1 Å². The van der Waals surface area contributed by atoms with E-state index in [1.54, 1.807) is 12.4 Å². The molecule has 6 heteroatoms. The van der Waals surface area contributed by atoms with Crippen molar-refractivity contribution in [3.8, 4) is 0 Å². The van der Waals surface area contributed by atoms with Crippen LogP contribution in [0.15, 0.2) is 42.7 Å². The van der Waals surface area contributed by atoms with Crippen LogP contribution in [-0.4, -0.2) is 38.1 Å². The van der Waals surface area contributed by atoms with Crippen LogP contribution in [0.3, 0.4) is 0 Å². The molecule has 0 bridgehead atoms. The molecule has 2 heterocycles. The van der Waals surface area contributed by atoms with Gasteiger partial charge in [-0.2, -0.15) is 5.10 Å². The Bertz CT molecular complexity index is 950. The predicted molar refractivity (Wildman–Crippen MR) is 118 cm³/mol. The highest BCUT2D eigenvalue weighted by Crippen LogP contribution is 2.28. The summed E-state index contributed by atoms with van der Waals surface area (Å²) in [4.78, 5) is 20.1. The van der Waals surface area contributed by atoms with E-state index in [4.69, 9.17) is 0 Å². The molecule has 3 aromatic rings. The van der Waals surface area contributed by atoms with Gasteiger partial charge in [-0.25, -0.2) is 4.98 Å². The Morgan fingerprint density at radius 3 is 2.52 bits per heavy atom. The van der Waals surface area contributed by atoms with Crippen molar-refractivity contribution < 1.29 is 4.79 Å². The number of benzene rings is 1. The highest BCUT2D eigenvalue weighted by molar-refractivity contribution is 6.06. The Balaban J connectivity index is 2.02. The molecule has 0 aliphatic rings. The average Bonchev–Trinajstić information content (AvgIpc) is 3.21. The van der Waals surface area contributed by atoms with Gasteiger partial charge in [0.15, 0.2) is 5.65 Å². The first-order valence-electron chi connectivity index (χ1n) is 10.4. The van der Waals surface area contributed by atoms with Crippen LogP contribution < -0.4 is 5.32 Å². The molecule has 1 unspecified atom stereocenters. The molecule has 29 heavy (non-hydrogen) atoms. The van der Waals surface area contributed by atoms with Crippen LogP contribution >= 0.6 is 0 Å². The number of nitrogens with one attached hydrogen (secondary N) is 2. The molecule has 0 aliphatic heterocycles. The maximum atomic E-state index is 13.7. The molecule has 0 radical (unpaired) electrons. The summed E-state index contributed by atoms with van der Waals surface area (Å²) in [6.45, 7) is 11.2. The van der Waals surface area contributed by atoms with Crippen molar-refractivity contribution in [2.45, 2.75) is 59.7 Å². The van der Waals surface area contributed by atoms with Gasteiger partial charge in [-0.15, -0.1) is 0 Å². The summed E-state index contributed by atoms with van der Waals surface area (Å²) in [6.07, 6.45) is 4.28. The fourth-order valence-electron chi connectivity index (χ4n) is 3.19. The standard InChI is InChI=1S/C23H31N5O/c1-6-16(4)28(14-18-10-8-7-9-11-18)23(29)20-12-24-22-19(13-25-27-22)21(20)26-17(5)15(2)3/h7-13,15-17H,6,14H2,1-5H3,(H2,24,25,26,27)/t16?,17-/m1/s1. The summed E-state index contributed by atoms with van der Waals surface area (Å²) in [6, 6.07) is 10.4. The largest absolute Gasteiger partial charge is 0.381 e. The summed E-state index contributed by atoms with van der Waals surface area (Å²) < 4.78 is 0. The molecule has 0 saturated carbocycles. The number of aromatic nitrogens is 3. The maximum Gasteiger partial charge on any atom is 0.258 e. The van der Waals surface area contributed by atoms with E-state index >= 15 is 0 Å². The van der Waals surface area contributed by atoms with Crippen molar-refractivity contribution in [1.29, 1.82) is 0 Å². The lowest BCUT2D eigenvalue weighted by molar-refractivity contribution is 0.0672. The summed E-state index contributed by atoms with van der Waals surface area (Å²) in [5.74, 6) is 0.403. The van der Waals surface area contributed by atoms with E-state index in [1.165, 1.54) is 0 Å². The van der Waals surface area contributed by atoms with E-state index in [0.29, 0.717) is 23.7 Å². The van der Waals surface area contributed by atoms with Crippen LogP contribution in [0.2, 0.25) is 0 Å². The number of carbonyl (C=O) groups is 1. The van der Waals surface area contributed by atoms with Crippen molar-refractivity contribution in [3.63, 3.8) is 0 Å². The summed E-state index contributed by atoms with van der Waals surface area (Å²) in [5.41, 5.74) is 3.18. The molecule has 6 nitrogen and oxygen atoms in total. The number of anilines is 1. The molecule has 2 atom stereocenters. The van der Waals surface area contributed by atoms with Gasteiger partial charge >= 0.3 is 0 Å². The molecule has 3 rings (SSSR count). The minimum Gasteiger partial charge on any atom is -0.381 e. The molecule has 1 amide bonds. The Morgan fingerprint density at radius 1 is 1.14 bits per heavy atom. The molecule has 0 aliphatic carbocycles. The Hall–Kier alpha value is -2.89. The third-order valence-corrected chi connectivity index (χ3v) is 5.66. The van der Waals surface area contributed by atoms with Crippen molar-refractivity contribution in [2.24, 2.45) is 5.92 Å². The normalized spacial score (nSPS) is 13.4. The van der Waals surface area contributed by atoms with Gasteiger partial charge in [-0.05, 0) is 31.7 Å². The zero-order valence-electron chi connectivity index (χ0n) is 17.9.